The predicted octanol–water partition coefficient (Wildman–Crippen LogP) is 8.02. The Morgan fingerprint density at radius 3 is 1.64 bits per heavy atom. The molecule has 0 bridgehead atoms. The van der Waals surface area contributed by atoms with Gasteiger partial charge >= 0.3 is 6.16 Å². The van der Waals surface area contributed by atoms with E-state index in [1.54, 1.807) is 0 Å². The third-order valence-electron chi connectivity index (χ3n) is 7.75. The average Bonchev–Trinajstić information content (AvgIpc) is 3.02. The lowest BCUT2D eigenvalue weighted by Crippen LogP contribution is -2.61. The molecule has 1 heterocycles. The van der Waals surface area contributed by atoms with Gasteiger partial charge in [0.2, 0.25) is 0 Å². The van der Waals surface area contributed by atoms with Crippen LogP contribution in [0, 0.1) is 0 Å². The van der Waals surface area contributed by atoms with Crippen LogP contribution in [0.4, 0.5) is 4.79 Å². The highest BCUT2D eigenvalue weighted by Gasteiger charge is 2.49. The number of aliphatic hydroxyl groups is 2. The molecule has 1 rings (SSSR count). The van der Waals surface area contributed by atoms with Crippen LogP contribution in [0.2, 0.25) is 0 Å². The summed E-state index contributed by atoms with van der Waals surface area (Å²) in [5, 5.41) is 20.7. The summed E-state index contributed by atoms with van der Waals surface area (Å²) in [4.78, 5) is 12.3. The topological polar surface area (TPSA) is 104 Å². The van der Waals surface area contributed by atoms with Crippen molar-refractivity contribution >= 4 is 6.16 Å². The maximum atomic E-state index is 12.3. The zero-order valence-corrected chi connectivity index (χ0v) is 26.4. The molecule has 8 nitrogen and oxygen atoms in total. The van der Waals surface area contributed by atoms with E-state index < -0.39 is 43.5 Å². The van der Waals surface area contributed by atoms with E-state index in [0.717, 1.165) is 57.8 Å². The molecule has 0 saturated carbocycles. The fraction of sp³-hybridized carbons (Fsp3) is 0.912. The molecule has 0 aromatic heterocycles. The van der Waals surface area contributed by atoms with Gasteiger partial charge in [-0.25, -0.2) is 4.79 Å². The lowest BCUT2D eigenvalue weighted by molar-refractivity contribution is -0.304. The van der Waals surface area contributed by atoms with Crippen LogP contribution in [0.15, 0.2) is 12.7 Å². The van der Waals surface area contributed by atoms with E-state index in [4.69, 9.17) is 26.4 Å². The van der Waals surface area contributed by atoms with Gasteiger partial charge in [0.1, 0.15) is 24.9 Å². The van der Waals surface area contributed by atoms with Crippen LogP contribution in [-0.2, 0) is 23.7 Å². The van der Waals surface area contributed by atoms with Crippen molar-refractivity contribution in [1.29, 1.82) is 0 Å². The van der Waals surface area contributed by atoms with Gasteiger partial charge in [0.15, 0.2) is 12.4 Å². The Labute approximate surface area is 259 Å². The van der Waals surface area contributed by atoms with Crippen LogP contribution in [0.3, 0.4) is 0 Å². The van der Waals surface area contributed by atoms with Crippen LogP contribution >= 0.6 is 0 Å². The summed E-state index contributed by atoms with van der Waals surface area (Å²) >= 11 is 0. The van der Waals surface area contributed by atoms with Gasteiger partial charge < -0.3 is 33.9 Å². The van der Waals surface area contributed by atoms with E-state index >= 15 is 0 Å². The Morgan fingerprint density at radius 2 is 1.19 bits per heavy atom. The van der Waals surface area contributed by atoms with Crippen molar-refractivity contribution in [3.05, 3.63) is 12.7 Å². The van der Waals surface area contributed by atoms with E-state index in [0.29, 0.717) is 27.0 Å². The molecule has 1 aliphatic heterocycles. The van der Waals surface area contributed by atoms with Gasteiger partial charge in [0.25, 0.3) is 0 Å². The standard InChI is InChI=1S/C34H64O8/c1-4-7-9-11-13-15-17-19-21-23-26-38-31-30(42-34(37)40-25-6-3)29(28-35)41-33(36)32(31)39-27-24-22-20-18-16-14-12-10-8-5-2/h6,29-33,35-36H,3-5,7-28H2,1-2H3/t29-,30-,31+,32-,33?/m1/s1/i1D,2D. The van der Waals surface area contributed by atoms with Crippen molar-refractivity contribution in [3.8, 4) is 0 Å². The first kappa shape index (κ1) is 35.3. The van der Waals surface area contributed by atoms with E-state index in [2.05, 4.69) is 6.58 Å². The quantitative estimate of drug-likeness (QED) is 0.0527. The Bertz CT molecular complexity index is 671. The number of aliphatic hydroxyl groups excluding tert-OH is 2. The first-order valence-corrected chi connectivity index (χ1v) is 16.8. The third kappa shape index (κ3) is 18.5. The summed E-state index contributed by atoms with van der Waals surface area (Å²) in [5.74, 6) is 0. The molecule has 0 aliphatic carbocycles. The minimum absolute atomic E-state index is 0.0124. The molecule has 8 heteroatoms. The molecule has 5 atom stereocenters. The van der Waals surface area contributed by atoms with Gasteiger partial charge in [-0.15, -0.1) is 0 Å². The Kier molecular flexibility index (Phi) is 23.0. The van der Waals surface area contributed by atoms with E-state index in [-0.39, 0.29) is 6.61 Å². The summed E-state index contributed by atoms with van der Waals surface area (Å²) in [6, 6.07) is 0. The maximum absolute atomic E-state index is 12.3. The largest absolute Gasteiger partial charge is 0.509 e. The molecule has 1 aliphatic rings. The van der Waals surface area contributed by atoms with Crippen LogP contribution < -0.4 is 0 Å². The molecule has 1 unspecified atom stereocenters. The number of unbranched alkanes of at least 4 members (excludes halogenated alkanes) is 18. The summed E-state index contributed by atoms with van der Waals surface area (Å²) < 4.78 is 42.8. The summed E-state index contributed by atoms with van der Waals surface area (Å²) in [7, 11) is 0. The van der Waals surface area contributed by atoms with E-state index in [1.807, 2.05) is 0 Å². The molecule has 0 aromatic rings. The van der Waals surface area contributed by atoms with Gasteiger partial charge in [0.05, 0.1) is 6.61 Å². The molecule has 248 valence electrons. The van der Waals surface area contributed by atoms with Crippen molar-refractivity contribution in [2.24, 2.45) is 0 Å². The summed E-state index contributed by atoms with van der Waals surface area (Å²) in [6.45, 7) is 4.96. The molecule has 2 N–H and O–H groups in total. The van der Waals surface area contributed by atoms with Crippen molar-refractivity contribution in [2.75, 3.05) is 26.4 Å². The number of hydrogen-bond acceptors (Lipinski definition) is 8. The number of carbonyl (C=O) groups is 1. The highest BCUT2D eigenvalue weighted by atomic mass is 16.7. The Balaban J connectivity index is 2.51. The zero-order valence-electron chi connectivity index (χ0n) is 28.4. The van der Waals surface area contributed by atoms with E-state index in [1.165, 1.54) is 76.7 Å². The number of ether oxygens (including phenoxy) is 5. The molecular weight excluding hydrogens is 536 g/mol. The molecule has 42 heavy (non-hydrogen) atoms. The molecule has 1 fully saturated rings. The maximum Gasteiger partial charge on any atom is 0.509 e. The highest BCUT2D eigenvalue weighted by Crippen LogP contribution is 2.28. The van der Waals surface area contributed by atoms with Gasteiger partial charge in [-0.3, -0.25) is 0 Å². The molecular formula is C34H64O8. The molecule has 0 aromatic carbocycles. The minimum Gasteiger partial charge on any atom is -0.430 e. The first-order valence-electron chi connectivity index (χ1n) is 18.2. The first-order chi connectivity index (χ1) is 21.6. The lowest BCUT2D eigenvalue weighted by atomic mass is 9.98. The van der Waals surface area contributed by atoms with Gasteiger partial charge in [-0.2, -0.15) is 0 Å². The zero-order chi connectivity index (χ0) is 32.1. The summed E-state index contributed by atoms with van der Waals surface area (Å²) in [5.41, 5.74) is 0. The second-order valence-electron chi connectivity index (χ2n) is 11.4. The molecule has 0 amide bonds. The van der Waals surface area contributed by atoms with Crippen molar-refractivity contribution in [2.45, 2.75) is 173 Å². The number of carbonyl (C=O) groups excluding carboxylic acids is 1. The SMILES string of the molecule is [2H]CCCCCCCCCCCCO[C@H]1[C@H](OC(=O)OCC=C)[C@@H](CO)OC(O)[C@@H]1OCCCCCCCCCCCC[2H]. The Morgan fingerprint density at radius 1 is 0.738 bits per heavy atom. The second kappa shape index (κ2) is 27.4. The lowest BCUT2D eigenvalue weighted by Gasteiger charge is -2.43. The normalized spacial score (nSPS) is 22.9. The fourth-order valence-corrected chi connectivity index (χ4v) is 5.29. The summed E-state index contributed by atoms with van der Waals surface area (Å²) in [6.07, 6.45) is 18.1. The van der Waals surface area contributed by atoms with Gasteiger partial charge in [0, 0.05) is 16.0 Å². The molecule has 1 saturated heterocycles. The number of hydrogen-bond donors (Lipinski definition) is 2. The van der Waals surface area contributed by atoms with Gasteiger partial charge in [-0.1, -0.05) is 142 Å². The van der Waals surface area contributed by atoms with Crippen LogP contribution in [0.5, 0.6) is 0 Å². The molecule has 0 radical (unpaired) electrons. The van der Waals surface area contributed by atoms with E-state index in [9.17, 15) is 15.0 Å². The highest BCUT2D eigenvalue weighted by molar-refractivity contribution is 5.60. The minimum atomic E-state index is -1.32. The molecule has 0 spiro atoms. The van der Waals surface area contributed by atoms with Crippen molar-refractivity contribution in [1.82, 2.24) is 0 Å². The van der Waals surface area contributed by atoms with Crippen molar-refractivity contribution < 1.29 is 41.4 Å². The average molecular weight is 603 g/mol. The predicted molar refractivity (Wildman–Crippen MR) is 168 cm³/mol. The fourth-order valence-electron chi connectivity index (χ4n) is 5.29. The number of rotatable bonds is 28. The van der Waals surface area contributed by atoms with Gasteiger partial charge in [-0.05, 0) is 12.8 Å². The van der Waals surface area contributed by atoms with Crippen molar-refractivity contribution in [3.63, 3.8) is 0 Å². The van der Waals surface area contributed by atoms with Crippen LogP contribution in [0.1, 0.15) is 145 Å². The smallest absolute Gasteiger partial charge is 0.430 e. The van der Waals surface area contributed by atoms with Crippen LogP contribution in [-0.4, -0.2) is 73.5 Å². The second-order valence-corrected chi connectivity index (χ2v) is 11.4. The van der Waals surface area contributed by atoms with Crippen LogP contribution in [0.25, 0.3) is 0 Å². The Hall–Kier alpha value is -1.19. The third-order valence-corrected chi connectivity index (χ3v) is 7.75. The monoisotopic (exact) mass is 602 g/mol.